The standard InChI is InChI=1S/C27H26N6O2S2/c1-18-6-8-20(9-7-18)16-33-26(35)22(37-27(33)36)15-21-23(29-10-4-12-31-14-11-28-17-31)30-24-19(2)5-3-13-32(24)25(21)34/h3,5-9,11,13-15,17,29H,4,10,12,16H2,1-2H3. The summed E-state index contributed by atoms with van der Waals surface area (Å²) in [6.45, 7) is 5.71. The maximum absolute atomic E-state index is 13.6. The van der Waals surface area contributed by atoms with Crippen LogP contribution < -0.4 is 10.9 Å². The first-order valence-corrected chi connectivity index (χ1v) is 13.2. The van der Waals surface area contributed by atoms with Crippen LogP contribution >= 0.6 is 24.0 Å². The molecule has 0 saturated carbocycles. The van der Waals surface area contributed by atoms with Crippen molar-refractivity contribution in [2.24, 2.45) is 0 Å². The Bertz CT molecular complexity index is 1560. The molecular formula is C27H26N6O2S2. The van der Waals surface area contributed by atoms with Crippen molar-refractivity contribution in [3.05, 3.63) is 98.8 Å². The first kappa shape index (κ1) is 24.9. The molecule has 5 rings (SSSR count). The van der Waals surface area contributed by atoms with Gasteiger partial charge in [-0.05, 0) is 43.5 Å². The molecule has 0 aliphatic carbocycles. The zero-order valence-corrected chi connectivity index (χ0v) is 22.2. The monoisotopic (exact) mass is 530 g/mol. The molecule has 8 nitrogen and oxygen atoms in total. The molecule has 0 radical (unpaired) electrons. The summed E-state index contributed by atoms with van der Waals surface area (Å²) in [5.74, 6) is 0.240. The number of benzene rings is 1. The normalized spacial score (nSPS) is 14.8. The van der Waals surface area contributed by atoms with Gasteiger partial charge in [0.1, 0.15) is 15.8 Å². The molecule has 4 aromatic rings. The largest absolute Gasteiger partial charge is 0.369 e. The number of carbonyl (C=O) groups excluding carboxylic acids is 1. The molecule has 1 saturated heterocycles. The van der Waals surface area contributed by atoms with Crippen LogP contribution in [0.5, 0.6) is 0 Å². The summed E-state index contributed by atoms with van der Waals surface area (Å²) < 4.78 is 3.98. The highest BCUT2D eigenvalue weighted by molar-refractivity contribution is 8.26. The van der Waals surface area contributed by atoms with E-state index in [-0.39, 0.29) is 11.5 Å². The highest BCUT2D eigenvalue weighted by Gasteiger charge is 2.32. The molecular weight excluding hydrogens is 504 g/mol. The fraction of sp³-hybridized carbons (Fsp3) is 0.222. The highest BCUT2D eigenvalue weighted by atomic mass is 32.2. The van der Waals surface area contributed by atoms with Gasteiger partial charge in [0, 0.05) is 31.7 Å². The van der Waals surface area contributed by atoms with Crippen molar-refractivity contribution < 1.29 is 4.79 Å². The molecule has 0 bridgehead atoms. The minimum atomic E-state index is -0.241. The van der Waals surface area contributed by atoms with Gasteiger partial charge >= 0.3 is 0 Å². The fourth-order valence-electron chi connectivity index (χ4n) is 4.11. The predicted molar refractivity (Wildman–Crippen MR) is 151 cm³/mol. The summed E-state index contributed by atoms with van der Waals surface area (Å²) >= 11 is 6.73. The smallest absolute Gasteiger partial charge is 0.267 e. The fourth-order valence-corrected chi connectivity index (χ4v) is 5.34. The third-order valence-corrected chi connectivity index (χ3v) is 7.52. The Morgan fingerprint density at radius 2 is 1.92 bits per heavy atom. The summed E-state index contributed by atoms with van der Waals surface area (Å²) in [5.41, 5.74) is 3.70. The first-order chi connectivity index (χ1) is 17.9. The van der Waals surface area contributed by atoms with Crippen LogP contribution in [0.2, 0.25) is 0 Å². The number of imidazole rings is 1. The molecule has 4 heterocycles. The predicted octanol–water partition coefficient (Wildman–Crippen LogP) is 4.41. The lowest BCUT2D eigenvalue weighted by Crippen LogP contribution is -2.27. The Morgan fingerprint density at radius 1 is 1.11 bits per heavy atom. The van der Waals surface area contributed by atoms with Crippen LogP contribution in [0.3, 0.4) is 0 Å². The van der Waals surface area contributed by atoms with Gasteiger partial charge in [-0.2, -0.15) is 0 Å². The van der Waals surface area contributed by atoms with E-state index in [2.05, 4.69) is 10.3 Å². The number of carbonyl (C=O) groups is 1. The Kier molecular flexibility index (Phi) is 7.20. The molecule has 1 aliphatic heterocycles. The molecule has 188 valence electrons. The lowest BCUT2D eigenvalue weighted by molar-refractivity contribution is -0.122. The van der Waals surface area contributed by atoms with E-state index in [0.29, 0.717) is 39.3 Å². The second-order valence-electron chi connectivity index (χ2n) is 8.90. The summed E-state index contributed by atoms with van der Waals surface area (Å²) in [6.07, 6.45) is 9.55. The van der Waals surface area contributed by atoms with Gasteiger partial charge in [0.2, 0.25) is 0 Å². The molecule has 0 unspecified atom stereocenters. The van der Waals surface area contributed by atoms with Crippen molar-refractivity contribution in [1.29, 1.82) is 0 Å². The van der Waals surface area contributed by atoms with Crippen molar-refractivity contribution in [2.75, 3.05) is 11.9 Å². The van der Waals surface area contributed by atoms with Crippen LogP contribution in [0.4, 0.5) is 5.82 Å². The third-order valence-electron chi connectivity index (χ3n) is 6.14. The molecule has 1 aliphatic rings. The number of pyridine rings is 1. The minimum Gasteiger partial charge on any atom is -0.369 e. The molecule has 0 spiro atoms. The van der Waals surface area contributed by atoms with E-state index >= 15 is 0 Å². The Labute approximate surface area is 224 Å². The number of hydrogen-bond acceptors (Lipinski definition) is 7. The van der Waals surface area contributed by atoms with Gasteiger partial charge < -0.3 is 9.88 Å². The van der Waals surface area contributed by atoms with Crippen LogP contribution in [0.15, 0.2) is 71.0 Å². The number of aryl methyl sites for hydroxylation is 3. The number of amides is 1. The second kappa shape index (κ2) is 10.7. The van der Waals surface area contributed by atoms with Gasteiger partial charge in [-0.15, -0.1) is 0 Å². The average molecular weight is 531 g/mol. The zero-order chi connectivity index (χ0) is 25.9. The van der Waals surface area contributed by atoms with E-state index in [1.165, 1.54) is 16.2 Å². The number of fused-ring (bicyclic) bond motifs is 1. The number of anilines is 1. The van der Waals surface area contributed by atoms with E-state index in [1.54, 1.807) is 29.7 Å². The second-order valence-corrected chi connectivity index (χ2v) is 10.6. The zero-order valence-electron chi connectivity index (χ0n) is 20.5. The van der Waals surface area contributed by atoms with Crippen molar-refractivity contribution in [3.8, 4) is 0 Å². The van der Waals surface area contributed by atoms with Crippen LogP contribution in [0, 0.1) is 13.8 Å². The number of thiocarbonyl (C=S) groups is 1. The number of rotatable bonds is 8. The number of nitrogens with one attached hydrogen (secondary N) is 1. The minimum absolute atomic E-state index is 0.213. The molecule has 1 N–H and O–H groups in total. The first-order valence-electron chi connectivity index (χ1n) is 11.9. The Balaban J connectivity index is 1.45. The molecule has 1 amide bonds. The Hall–Kier alpha value is -3.76. The molecule has 10 heteroatoms. The van der Waals surface area contributed by atoms with Crippen molar-refractivity contribution >= 4 is 51.7 Å². The summed E-state index contributed by atoms with van der Waals surface area (Å²) in [4.78, 5) is 37.7. The van der Waals surface area contributed by atoms with Crippen LogP contribution in [-0.4, -0.2) is 40.6 Å². The van der Waals surface area contributed by atoms with E-state index in [1.807, 2.05) is 61.0 Å². The third kappa shape index (κ3) is 5.35. The number of hydrogen-bond donors (Lipinski definition) is 1. The molecule has 0 atom stereocenters. The van der Waals surface area contributed by atoms with E-state index in [4.69, 9.17) is 17.2 Å². The lowest BCUT2D eigenvalue weighted by atomic mass is 10.1. The summed E-state index contributed by atoms with van der Waals surface area (Å²) in [5, 5.41) is 3.32. The maximum Gasteiger partial charge on any atom is 0.267 e. The molecule has 1 fully saturated rings. The highest BCUT2D eigenvalue weighted by Crippen LogP contribution is 2.34. The van der Waals surface area contributed by atoms with Gasteiger partial charge in [0.05, 0.1) is 23.3 Å². The molecule has 3 aromatic heterocycles. The van der Waals surface area contributed by atoms with Crippen molar-refractivity contribution in [3.63, 3.8) is 0 Å². The van der Waals surface area contributed by atoms with E-state index < -0.39 is 0 Å². The van der Waals surface area contributed by atoms with Gasteiger partial charge in [0.15, 0.2) is 0 Å². The topological polar surface area (TPSA) is 84.5 Å². The number of aromatic nitrogens is 4. The van der Waals surface area contributed by atoms with Crippen LogP contribution in [0.1, 0.15) is 28.7 Å². The number of thioether (sulfide) groups is 1. The Morgan fingerprint density at radius 3 is 2.68 bits per heavy atom. The quantitative estimate of drug-likeness (QED) is 0.205. The molecule has 37 heavy (non-hydrogen) atoms. The SMILES string of the molecule is Cc1ccc(CN2C(=O)C(=Cc3c(NCCCn4ccnc4)nc4c(C)cccn4c3=O)SC2=S)cc1. The van der Waals surface area contributed by atoms with Gasteiger partial charge in [-0.3, -0.25) is 18.9 Å². The van der Waals surface area contributed by atoms with Gasteiger partial charge in [0.25, 0.3) is 11.5 Å². The van der Waals surface area contributed by atoms with E-state index in [9.17, 15) is 9.59 Å². The van der Waals surface area contributed by atoms with E-state index in [0.717, 1.165) is 29.7 Å². The van der Waals surface area contributed by atoms with Crippen molar-refractivity contribution in [2.45, 2.75) is 33.4 Å². The maximum atomic E-state index is 13.6. The molecule has 1 aromatic carbocycles. The van der Waals surface area contributed by atoms with Gasteiger partial charge in [-0.1, -0.05) is 59.9 Å². The van der Waals surface area contributed by atoms with Crippen LogP contribution in [0.25, 0.3) is 11.7 Å². The summed E-state index contributed by atoms with van der Waals surface area (Å²) in [7, 11) is 0. The summed E-state index contributed by atoms with van der Waals surface area (Å²) in [6, 6.07) is 11.7. The van der Waals surface area contributed by atoms with Crippen molar-refractivity contribution in [1.82, 2.24) is 23.8 Å². The van der Waals surface area contributed by atoms with Gasteiger partial charge in [-0.25, -0.2) is 9.97 Å². The lowest BCUT2D eigenvalue weighted by Gasteiger charge is -2.14. The van der Waals surface area contributed by atoms with Crippen LogP contribution in [-0.2, 0) is 17.9 Å². The average Bonchev–Trinajstić information content (AvgIpc) is 3.49. The number of nitrogens with zero attached hydrogens (tertiary/aromatic N) is 5.